The Balaban J connectivity index is 2.10. The summed E-state index contributed by atoms with van der Waals surface area (Å²) in [6.07, 6.45) is 0.726. The number of Topliss-reactive ketones (excluding diaryl/α,β-unsaturated/α-hetero) is 1. The van der Waals surface area contributed by atoms with Gasteiger partial charge in [-0.2, -0.15) is 0 Å². The summed E-state index contributed by atoms with van der Waals surface area (Å²) in [6, 6.07) is 9.87. The van der Waals surface area contributed by atoms with Crippen LogP contribution in [0.2, 0.25) is 5.02 Å². The summed E-state index contributed by atoms with van der Waals surface area (Å²) in [5.74, 6) is -1.27. The van der Waals surface area contributed by atoms with Crippen molar-refractivity contribution in [3.63, 3.8) is 0 Å². The van der Waals surface area contributed by atoms with Crippen LogP contribution in [-0.2, 0) is 4.79 Å². The number of aliphatic hydroxyl groups is 1. The number of carbonyl (C=O) groups excluding carboxylic acids is 2. The van der Waals surface area contributed by atoms with Crippen LogP contribution < -0.4 is 0 Å². The van der Waals surface area contributed by atoms with E-state index in [0.29, 0.717) is 16.4 Å². The second-order valence-corrected chi connectivity index (χ2v) is 6.91. The Labute approximate surface area is 149 Å². The highest BCUT2D eigenvalue weighted by Gasteiger charge is 2.43. The van der Waals surface area contributed by atoms with Gasteiger partial charge in [-0.1, -0.05) is 36.7 Å². The number of hydrogen-bond donors (Lipinski definition) is 1. The Bertz CT molecular complexity index is 796. The van der Waals surface area contributed by atoms with Gasteiger partial charge in [-0.15, -0.1) is 11.3 Å². The molecule has 0 radical (unpaired) electrons. The minimum absolute atomic E-state index is 0.137. The quantitative estimate of drug-likeness (QED) is 0.803. The third-order valence-corrected chi connectivity index (χ3v) is 5.06. The molecule has 1 N–H and O–H groups in total. The maximum atomic E-state index is 12.9. The van der Waals surface area contributed by atoms with E-state index in [2.05, 4.69) is 0 Å². The van der Waals surface area contributed by atoms with Gasteiger partial charge in [0, 0.05) is 11.6 Å². The molecule has 0 saturated carbocycles. The predicted octanol–water partition coefficient (Wildman–Crippen LogP) is 4.39. The van der Waals surface area contributed by atoms with Crippen molar-refractivity contribution in [1.82, 2.24) is 4.90 Å². The zero-order valence-corrected chi connectivity index (χ0v) is 14.6. The predicted molar refractivity (Wildman–Crippen MR) is 94.5 cm³/mol. The van der Waals surface area contributed by atoms with Gasteiger partial charge in [0.1, 0.15) is 0 Å². The highest BCUT2D eigenvalue weighted by atomic mass is 35.5. The van der Waals surface area contributed by atoms with Crippen LogP contribution in [0.4, 0.5) is 0 Å². The zero-order chi connectivity index (χ0) is 17.3. The number of aliphatic hydroxyl groups excluding tert-OH is 1. The first kappa shape index (κ1) is 16.7. The Kier molecular flexibility index (Phi) is 4.73. The molecule has 4 nitrogen and oxygen atoms in total. The topological polar surface area (TPSA) is 57.6 Å². The first-order valence-electron chi connectivity index (χ1n) is 7.62. The van der Waals surface area contributed by atoms with Crippen molar-refractivity contribution in [3.05, 3.63) is 68.6 Å². The molecule has 1 unspecified atom stereocenters. The maximum Gasteiger partial charge on any atom is 0.290 e. The van der Waals surface area contributed by atoms with E-state index < -0.39 is 17.7 Å². The average molecular weight is 362 g/mol. The number of benzene rings is 1. The molecule has 0 saturated heterocycles. The Morgan fingerprint density at radius 3 is 2.58 bits per heavy atom. The summed E-state index contributed by atoms with van der Waals surface area (Å²) in [5, 5.41) is 12.7. The van der Waals surface area contributed by atoms with E-state index in [-0.39, 0.29) is 11.4 Å². The second kappa shape index (κ2) is 6.79. The number of rotatable bonds is 5. The van der Waals surface area contributed by atoms with Crippen LogP contribution in [0.1, 0.15) is 34.6 Å². The standard InChI is InChI=1S/C18H16ClNO3S/c1-2-9-20-15(11-5-7-12(19)8-6-11)14(17(22)18(20)23)16(21)13-4-3-10-24-13/h3-8,10,15,22H,2,9H2,1H3. The molecule has 2 aromatic rings. The summed E-state index contributed by atoms with van der Waals surface area (Å²) < 4.78 is 0. The van der Waals surface area contributed by atoms with Gasteiger partial charge in [0.05, 0.1) is 16.5 Å². The van der Waals surface area contributed by atoms with Gasteiger partial charge >= 0.3 is 0 Å². The maximum absolute atomic E-state index is 12.9. The Hall–Kier alpha value is -2.11. The number of nitrogens with zero attached hydrogens (tertiary/aromatic N) is 1. The number of thiophene rings is 1. The Morgan fingerprint density at radius 1 is 1.29 bits per heavy atom. The van der Waals surface area contributed by atoms with Crippen LogP contribution in [0.25, 0.3) is 0 Å². The number of hydrogen-bond acceptors (Lipinski definition) is 4. The van der Waals surface area contributed by atoms with Crippen molar-refractivity contribution >= 4 is 34.6 Å². The monoisotopic (exact) mass is 361 g/mol. The van der Waals surface area contributed by atoms with Crippen LogP contribution in [0.15, 0.2) is 53.1 Å². The van der Waals surface area contributed by atoms with Gasteiger partial charge < -0.3 is 10.0 Å². The van der Waals surface area contributed by atoms with Crippen LogP contribution >= 0.6 is 22.9 Å². The average Bonchev–Trinajstić information content (AvgIpc) is 3.19. The van der Waals surface area contributed by atoms with Gasteiger partial charge in [-0.3, -0.25) is 9.59 Å². The van der Waals surface area contributed by atoms with E-state index in [4.69, 9.17) is 11.6 Å². The summed E-state index contributed by atoms with van der Waals surface area (Å²) >= 11 is 7.24. The normalized spacial score (nSPS) is 17.7. The molecule has 0 bridgehead atoms. The fraction of sp³-hybridized carbons (Fsp3) is 0.222. The number of halogens is 1. The molecule has 124 valence electrons. The molecule has 3 rings (SSSR count). The zero-order valence-electron chi connectivity index (χ0n) is 13.0. The Morgan fingerprint density at radius 2 is 2.00 bits per heavy atom. The van der Waals surface area contributed by atoms with Gasteiger partial charge in [0.25, 0.3) is 5.91 Å². The molecule has 2 heterocycles. The van der Waals surface area contributed by atoms with Gasteiger partial charge in [-0.05, 0) is 35.6 Å². The summed E-state index contributed by atoms with van der Waals surface area (Å²) in [6.45, 7) is 2.40. The number of amides is 1. The molecule has 0 spiro atoms. The molecule has 1 amide bonds. The van der Waals surface area contributed by atoms with Gasteiger partial charge in [-0.25, -0.2) is 0 Å². The van der Waals surface area contributed by atoms with Crippen molar-refractivity contribution < 1.29 is 14.7 Å². The largest absolute Gasteiger partial charge is 0.503 e. The van der Waals surface area contributed by atoms with Crippen LogP contribution in [0, 0.1) is 0 Å². The van der Waals surface area contributed by atoms with Crippen molar-refractivity contribution in [3.8, 4) is 0 Å². The summed E-state index contributed by atoms with van der Waals surface area (Å²) in [7, 11) is 0. The van der Waals surface area contributed by atoms with Crippen molar-refractivity contribution in [2.45, 2.75) is 19.4 Å². The minimum atomic E-state index is -0.593. The van der Waals surface area contributed by atoms with Crippen molar-refractivity contribution in [2.24, 2.45) is 0 Å². The fourth-order valence-corrected chi connectivity index (χ4v) is 3.69. The SMILES string of the molecule is CCCN1C(=O)C(O)=C(C(=O)c2cccs2)C1c1ccc(Cl)cc1. The van der Waals surface area contributed by atoms with Crippen molar-refractivity contribution in [1.29, 1.82) is 0 Å². The highest BCUT2D eigenvalue weighted by molar-refractivity contribution is 7.12. The van der Waals surface area contributed by atoms with Crippen LogP contribution in [-0.4, -0.2) is 28.2 Å². The second-order valence-electron chi connectivity index (χ2n) is 5.52. The van der Waals surface area contributed by atoms with Gasteiger partial charge in [0.2, 0.25) is 5.78 Å². The number of ketones is 1. The lowest BCUT2D eigenvalue weighted by Crippen LogP contribution is -2.31. The van der Waals surface area contributed by atoms with Gasteiger partial charge in [0.15, 0.2) is 5.76 Å². The minimum Gasteiger partial charge on any atom is -0.503 e. The molecule has 0 aliphatic carbocycles. The molecule has 24 heavy (non-hydrogen) atoms. The molecular weight excluding hydrogens is 346 g/mol. The van der Waals surface area contributed by atoms with E-state index in [9.17, 15) is 14.7 Å². The van der Waals surface area contributed by atoms with E-state index in [1.807, 2.05) is 6.92 Å². The summed E-state index contributed by atoms with van der Waals surface area (Å²) in [4.78, 5) is 27.4. The molecule has 1 atom stereocenters. The van der Waals surface area contributed by atoms with E-state index >= 15 is 0 Å². The lowest BCUT2D eigenvalue weighted by Gasteiger charge is -2.26. The molecular formula is C18H16ClNO3S. The fourth-order valence-electron chi connectivity index (χ4n) is 2.89. The van der Waals surface area contributed by atoms with Crippen LogP contribution in [0.3, 0.4) is 0 Å². The lowest BCUT2D eigenvalue weighted by atomic mass is 9.95. The molecule has 0 fully saturated rings. The van der Waals surface area contributed by atoms with E-state index in [1.54, 1.807) is 46.7 Å². The smallest absolute Gasteiger partial charge is 0.290 e. The molecule has 1 aliphatic heterocycles. The first-order chi connectivity index (χ1) is 11.5. The molecule has 1 aromatic heterocycles. The summed E-state index contributed by atoms with van der Waals surface area (Å²) in [5.41, 5.74) is 0.892. The molecule has 1 aliphatic rings. The van der Waals surface area contributed by atoms with Crippen LogP contribution in [0.5, 0.6) is 0 Å². The van der Waals surface area contributed by atoms with Crippen molar-refractivity contribution in [2.75, 3.05) is 6.54 Å². The lowest BCUT2D eigenvalue weighted by molar-refractivity contribution is -0.129. The third-order valence-electron chi connectivity index (χ3n) is 3.94. The third kappa shape index (κ3) is 2.85. The first-order valence-corrected chi connectivity index (χ1v) is 8.88. The van der Waals surface area contributed by atoms with E-state index in [0.717, 1.165) is 12.0 Å². The molecule has 1 aromatic carbocycles. The van der Waals surface area contributed by atoms with E-state index in [1.165, 1.54) is 11.3 Å². The number of carbonyl (C=O) groups is 2. The highest BCUT2D eigenvalue weighted by Crippen LogP contribution is 2.39. The molecule has 6 heteroatoms.